The summed E-state index contributed by atoms with van der Waals surface area (Å²) in [6.45, 7) is 0. The van der Waals surface area contributed by atoms with Crippen molar-refractivity contribution in [1.29, 1.82) is 0 Å². The molecule has 0 unspecified atom stereocenters. The Morgan fingerprint density at radius 1 is 1.46 bits per heavy atom. The van der Waals surface area contributed by atoms with Gasteiger partial charge in [-0.05, 0) is 34.2 Å². The molecular weight excluding hydrogens is 328 g/mol. The summed E-state index contributed by atoms with van der Waals surface area (Å²) in [4.78, 5) is 9.33. The summed E-state index contributed by atoms with van der Waals surface area (Å²) < 4.78 is 0.570. The highest BCUT2D eigenvalue weighted by molar-refractivity contribution is 14.1. The molecule has 0 aliphatic rings. The Morgan fingerprint density at radius 2 is 2.08 bits per heavy atom. The van der Waals surface area contributed by atoms with Gasteiger partial charge in [-0.15, -0.1) is 23.2 Å². The van der Waals surface area contributed by atoms with Crippen LogP contribution < -0.4 is 0 Å². The van der Waals surface area contributed by atoms with E-state index in [4.69, 9.17) is 23.2 Å². The van der Waals surface area contributed by atoms with Crippen LogP contribution in [0.25, 0.3) is 0 Å². The van der Waals surface area contributed by atoms with Gasteiger partial charge in [-0.2, -0.15) is 0 Å². The zero-order valence-corrected chi connectivity index (χ0v) is 9.88. The van der Waals surface area contributed by atoms with E-state index in [0.717, 1.165) is 0 Å². The molecule has 13 heavy (non-hydrogen) atoms. The maximum atomic E-state index is 10.5. The Balaban J connectivity index is 3.19. The maximum Gasteiger partial charge on any atom is 0.283 e. The number of hydrogen-bond donors (Lipinski definition) is 0. The van der Waals surface area contributed by atoms with Crippen LogP contribution >= 0.6 is 45.8 Å². The third-order valence-corrected chi connectivity index (χ3v) is 2.84. The molecule has 1 aromatic carbocycles. The average molecular weight is 332 g/mol. The monoisotopic (exact) mass is 331 g/mol. The van der Waals surface area contributed by atoms with Crippen molar-refractivity contribution < 1.29 is 4.92 Å². The Bertz CT molecular complexity index is 343. The van der Waals surface area contributed by atoms with Crippen molar-refractivity contribution in [3.8, 4) is 0 Å². The second kappa shape index (κ2) is 4.43. The Labute approximate surface area is 98.3 Å². The molecule has 1 aromatic rings. The van der Waals surface area contributed by atoms with Gasteiger partial charge in [-0.3, -0.25) is 10.1 Å². The van der Waals surface area contributed by atoms with Crippen LogP contribution in [0.2, 0.25) is 0 Å². The van der Waals surface area contributed by atoms with Gasteiger partial charge in [0.25, 0.3) is 5.69 Å². The summed E-state index contributed by atoms with van der Waals surface area (Å²) in [6, 6.07) is 4.66. The van der Waals surface area contributed by atoms with Crippen molar-refractivity contribution in [1.82, 2.24) is 0 Å². The Kier molecular flexibility index (Phi) is 3.75. The molecule has 1 rings (SSSR count). The van der Waals surface area contributed by atoms with Gasteiger partial charge in [-0.1, -0.05) is 6.07 Å². The topological polar surface area (TPSA) is 43.1 Å². The number of hydrogen-bond acceptors (Lipinski definition) is 2. The van der Waals surface area contributed by atoms with E-state index in [1.165, 1.54) is 6.07 Å². The van der Waals surface area contributed by atoms with Gasteiger partial charge in [0.2, 0.25) is 0 Å². The van der Waals surface area contributed by atoms with Gasteiger partial charge in [0.05, 0.1) is 8.49 Å². The average Bonchev–Trinajstić information content (AvgIpc) is 2.04. The fraction of sp³-hybridized carbons (Fsp3) is 0.143. The number of halogens is 3. The summed E-state index contributed by atoms with van der Waals surface area (Å²) in [7, 11) is 0. The SMILES string of the molecule is O=[N+]([O-])c1cc(C(Cl)Cl)ccc1I. The van der Waals surface area contributed by atoms with Crippen LogP contribution in [0.15, 0.2) is 18.2 Å². The number of alkyl halides is 2. The van der Waals surface area contributed by atoms with Gasteiger partial charge in [-0.25, -0.2) is 0 Å². The van der Waals surface area contributed by atoms with Crippen molar-refractivity contribution in [2.24, 2.45) is 0 Å². The number of nitrogens with zero attached hydrogens (tertiary/aromatic N) is 1. The van der Waals surface area contributed by atoms with Gasteiger partial charge in [0, 0.05) is 6.07 Å². The summed E-state index contributed by atoms with van der Waals surface area (Å²) in [5.41, 5.74) is 0.569. The molecule has 70 valence electrons. The van der Waals surface area contributed by atoms with Crippen LogP contribution in [0.3, 0.4) is 0 Å². The molecular formula is C7H4Cl2INO2. The van der Waals surface area contributed by atoms with Crippen molar-refractivity contribution in [3.05, 3.63) is 37.4 Å². The van der Waals surface area contributed by atoms with Crippen molar-refractivity contribution >= 4 is 51.5 Å². The molecule has 0 radical (unpaired) electrons. The molecule has 0 aromatic heterocycles. The quantitative estimate of drug-likeness (QED) is 0.359. The third kappa shape index (κ3) is 2.69. The smallest absolute Gasteiger partial charge is 0.258 e. The first-order valence-electron chi connectivity index (χ1n) is 3.24. The fourth-order valence-electron chi connectivity index (χ4n) is 0.805. The van der Waals surface area contributed by atoms with Crippen molar-refractivity contribution in [3.63, 3.8) is 0 Å². The third-order valence-electron chi connectivity index (χ3n) is 1.42. The first-order valence-corrected chi connectivity index (χ1v) is 5.19. The molecule has 0 heterocycles. The van der Waals surface area contributed by atoms with E-state index in [0.29, 0.717) is 9.13 Å². The number of rotatable bonds is 2. The molecule has 0 atom stereocenters. The predicted octanol–water partition coefficient (Wildman–Crippen LogP) is 3.68. The van der Waals surface area contributed by atoms with Gasteiger partial charge in [0.15, 0.2) is 0 Å². The molecule has 0 aliphatic heterocycles. The van der Waals surface area contributed by atoms with E-state index in [-0.39, 0.29) is 5.69 Å². The molecule has 3 nitrogen and oxygen atoms in total. The van der Waals surface area contributed by atoms with Crippen LogP contribution in [0.1, 0.15) is 10.4 Å². The van der Waals surface area contributed by atoms with Crippen LogP contribution in [-0.4, -0.2) is 4.92 Å². The lowest BCUT2D eigenvalue weighted by molar-refractivity contribution is -0.385. The Hall–Kier alpha value is -0.0700. The highest BCUT2D eigenvalue weighted by Crippen LogP contribution is 2.30. The first-order chi connectivity index (χ1) is 6.02. The molecule has 6 heteroatoms. The molecule has 0 saturated heterocycles. The highest BCUT2D eigenvalue weighted by Gasteiger charge is 2.14. The first kappa shape index (κ1) is 11.0. The summed E-state index contributed by atoms with van der Waals surface area (Å²) in [5.74, 6) is 0. The largest absolute Gasteiger partial charge is 0.283 e. The maximum absolute atomic E-state index is 10.5. The fourth-order valence-corrected chi connectivity index (χ4v) is 1.61. The lowest BCUT2D eigenvalue weighted by Crippen LogP contribution is -1.93. The minimum absolute atomic E-state index is 0.0319. The zero-order chi connectivity index (χ0) is 10.0. The van der Waals surface area contributed by atoms with Crippen LogP contribution in [-0.2, 0) is 0 Å². The number of benzene rings is 1. The molecule has 0 saturated carbocycles. The van der Waals surface area contributed by atoms with Gasteiger partial charge >= 0.3 is 0 Å². The molecule has 0 bridgehead atoms. The normalized spacial score (nSPS) is 10.5. The van der Waals surface area contributed by atoms with Crippen LogP contribution in [0.4, 0.5) is 5.69 Å². The molecule has 0 N–H and O–H groups in total. The Morgan fingerprint density at radius 3 is 2.54 bits per heavy atom. The lowest BCUT2D eigenvalue weighted by atomic mass is 10.2. The summed E-state index contributed by atoms with van der Waals surface area (Å²) >= 11 is 13.0. The standard InChI is InChI=1S/C7H4Cl2INO2/c8-7(9)4-1-2-5(10)6(3-4)11(12)13/h1-3,7H. The minimum Gasteiger partial charge on any atom is -0.258 e. The molecule has 0 fully saturated rings. The van der Waals surface area contributed by atoms with Gasteiger partial charge < -0.3 is 0 Å². The van der Waals surface area contributed by atoms with Gasteiger partial charge in [0.1, 0.15) is 4.84 Å². The minimum atomic E-state index is -0.726. The predicted molar refractivity (Wildman–Crippen MR) is 60.3 cm³/mol. The highest BCUT2D eigenvalue weighted by atomic mass is 127. The van der Waals surface area contributed by atoms with E-state index < -0.39 is 9.76 Å². The van der Waals surface area contributed by atoms with Crippen LogP contribution in [0.5, 0.6) is 0 Å². The summed E-state index contributed by atoms with van der Waals surface area (Å²) in [5, 5.41) is 10.5. The second-order valence-electron chi connectivity index (χ2n) is 2.27. The van der Waals surface area contributed by atoms with E-state index in [2.05, 4.69) is 0 Å². The summed E-state index contributed by atoms with van der Waals surface area (Å²) in [6.07, 6.45) is 0. The molecule has 0 spiro atoms. The lowest BCUT2D eigenvalue weighted by Gasteiger charge is -2.01. The van der Waals surface area contributed by atoms with E-state index in [1.807, 2.05) is 22.6 Å². The van der Waals surface area contributed by atoms with E-state index in [9.17, 15) is 10.1 Å². The second-order valence-corrected chi connectivity index (χ2v) is 4.53. The molecule has 0 amide bonds. The molecule has 0 aliphatic carbocycles. The zero-order valence-electron chi connectivity index (χ0n) is 6.21. The number of nitro benzene ring substituents is 1. The van der Waals surface area contributed by atoms with Crippen molar-refractivity contribution in [2.45, 2.75) is 4.84 Å². The van der Waals surface area contributed by atoms with Crippen molar-refractivity contribution in [2.75, 3.05) is 0 Å². The van der Waals surface area contributed by atoms with Crippen LogP contribution in [0, 0.1) is 13.7 Å². The van der Waals surface area contributed by atoms with E-state index >= 15 is 0 Å². The number of nitro groups is 1. The van der Waals surface area contributed by atoms with E-state index in [1.54, 1.807) is 12.1 Å².